The normalized spacial score (nSPS) is 12.6. The Morgan fingerprint density at radius 2 is 1.96 bits per heavy atom. The Morgan fingerprint density at radius 3 is 2.73 bits per heavy atom. The van der Waals surface area contributed by atoms with Crippen LogP contribution in [0.15, 0.2) is 42.5 Å². The second kappa shape index (κ2) is 6.25. The Bertz CT molecular complexity index is 1090. The zero-order valence-corrected chi connectivity index (χ0v) is 16.1. The predicted octanol–water partition coefficient (Wildman–Crippen LogP) is 5.23. The van der Waals surface area contributed by atoms with Crippen LogP contribution in [0.2, 0.25) is 0 Å². The Labute approximate surface area is 156 Å². The van der Waals surface area contributed by atoms with E-state index >= 15 is 0 Å². The third-order valence-corrected chi connectivity index (χ3v) is 6.33. The lowest BCUT2D eigenvalue weighted by Gasteiger charge is -2.23. The molecule has 0 bridgehead atoms. The molecule has 0 spiro atoms. The minimum absolute atomic E-state index is 0.0110. The summed E-state index contributed by atoms with van der Waals surface area (Å²) >= 11 is 1.64. The van der Waals surface area contributed by atoms with Crippen LogP contribution >= 0.6 is 11.3 Å². The molecule has 0 radical (unpaired) electrons. The third kappa shape index (κ3) is 2.69. The van der Waals surface area contributed by atoms with E-state index in [1.54, 1.807) is 16.2 Å². The molecule has 4 aromatic rings. The van der Waals surface area contributed by atoms with Crippen molar-refractivity contribution in [2.45, 2.75) is 26.8 Å². The highest BCUT2D eigenvalue weighted by atomic mass is 32.1. The van der Waals surface area contributed by atoms with E-state index in [9.17, 15) is 4.79 Å². The summed E-state index contributed by atoms with van der Waals surface area (Å²) in [5.74, 6) is 0.0110. The molecule has 2 aromatic carbocycles. The first-order valence-electron chi connectivity index (χ1n) is 8.67. The standard InChI is InChI=1S/C21H21N3OS/c1-12-13(2)22-17-10-9-15(11-16(12)17)21(25)24(4)14(3)20-23-18-7-5-6-8-19(18)26-20/h5-11,14,22H,1-4H3/t14-/m0/s1. The van der Waals surface area contributed by atoms with E-state index in [1.807, 2.05) is 50.4 Å². The molecule has 2 aromatic heterocycles. The first-order chi connectivity index (χ1) is 12.5. The van der Waals surface area contributed by atoms with Gasteiger partial charge < -0.3 is 9.88 Å². The van der Waals surface area contributed by atoms with Gasteiger partial charge in [-0.15, -0.1) is 11.3 Å². The number of amides is 1. The molecular weight excluding hydrogens is 342 g/mol. The summed E-state index contributed by atoms with van der Waals surface area (Å²) in [7, 11) is 1.85. The number of fused-ring (bicyclic) bond motifs is 2. The van der Waals surface area contributed by atoms with Crippen molar-refractivity contribution in [1.82, 2.24) is 14.9 Å². The maximum Gasteiger partial charge on any atom is 0.254 e. The molecule has 26 heavy (non-hydrogen) atoms. The van der Waals surface area contributed by atoms with Crippen LogP contribution in [0.4, 0.5) is 0 Å². The largest absolute Gasteiger partial charge is 0.358 e. The lowest BCUT2D eigenvalue weighted by atomic mass is 10.1. The minimum atomic E-state index is -0.0790. The van der Waals surface area contributed by atoms with Crippen LogP contribution in [-0.4, -0.2) is 27.8 Å². The summed E-state index contributed by atoms with van der Waals surface area (Å²) < 4.78 is 1.15. The topological polar surface area (TPSA) is 49.0 Å². The van der Waals surface area contributed by atoms with Gasteiger partial charge in [0, 0.05) is 29.2 Å². The number of rotatable bonds is 3. The van der Waals surface area contributed by atoms with Gasteiger partial charge in [0.25, 0.3) is 5.91 Å². The number of aromatic nitrogens is 2. The van der Waals surface area contributed by atoms with Crippen molar-refractivity contribution >= 4 is 38.4 Å². The number of carbonyl (C=O) groups is 1. The van der Waals surface area contributed by atoms with Crippen molar-refractivity contribution in [2.24, 2.45) is 0 Å². The SMILES string of the molecule is Cc1[nH]c2ccc(C(=O)N(C)[C@@H](C)c3nc4ccccc4s3)cc2c1C. The van der Waals surface area contributed by atoms with Crippen LogP contribution in [0.1, 0.15) is 39.6 Å². The molecule has 0 aliphatic heterocycles. The molecule has 4 rings (SSSR count). The van der Waals surface area contributed by atoms with Crippen molar-refractivity contribution in [2.75, 3.05) is 7.05 Å². The van der Waals surface area contributed by atoms with E-state index < -0.39 is 0 Å². The summed E-state index contributed by atoms with van der Waals surface area (Å²) in [5.41, 5.74) is 5.09. The van der Waals surface area contributed by atoms with Gasteiger partial charge in [-0.25, -0.2) is 4.98 Å². The zero-order valence-electron chi connectivity index (χ0n) is 15.3. The molecule has 5 heteroatoms. The molecular formula is C21H21N3OS. The van der Waals surface area contributed by atoms with Crippen LogP contribution in [0.25, 0.3) is 21.1 Å². The first-order valence-corrected chi connectivity index (χ1v) is 9.49. The van der Waals surface area contributed by atoms with Crippen LogP contribution in [0, 0.1) is 13.8 Å². The lowest BCUT2D eigenvalue weighted by Crippen LogP contribution is -2.29. The molecule has 0 saturated carbocycles. The second-order valence-electron chi connectivity index (χ2n) is 6.75. The maximum absolute atomic E-state index is 13.0. The van der Waals surface area contributed by atoms with E-state index in [4.69, 9.17) is 4.98 Å². The Hall–Kier alpha value is -2.66. The van der Waals surface area contributed by atoms with Gasteiger partial charge in [0.05, 0.1) is 16.3 Å². The summed E-state index contributed by atoms with van der Waals surface area (Å²) in [6.07, 6.45) is 0. The highest BCUT2D eigenvalue weighted by molar-refractivity contribution is 7.18. The number of para-hydroxylation sites is 1. The van der Waals surface area contributed by atoms with Gasteiger partial charge in [0.1, 0.15) is 5.01 Å². The van der Waals surface area contributed by atoms with Crippen LogP contribution in [0.5, 0.6) is 0 Å². The number of benzene rings is 2. The molecule has 0 aliphatic rings. The number of aryl methyl sites for hydroxylation is 2. The van der Waals surface area contributed by atoms with E-state index in [2.05, 4.69) is 24.9 Å². The number of nitrogens with zero attached hydrogens (tertiary/aromatic N) is 2. The smallest absolute Gasteiger partial charge is 0.254 e. The summed E-state index contributed by atoms with van der Waals surface area (Å²) in [5, 5.41) is 2.06. The molecule has 132 valence electrons. The molecule has 0 aliphatic carbocycles. The van der Waals surface area contributed by atoms with Crippen molar-refractivity contribution in [3.8, 4) is 0 Å². The Morgan fingerprint density at radius 1 is 1.19 bits per heavy atom. The number of hydrogen-bond donors (Lipinski definition) is 1. The predicted molar refractivity (Wildman–Crippen MR) is 108 cm³/mol. The van der Waals surface area contributed by atoms with Gasteiger partial charge in [-0.3, -0.25) is 4.79 Å². The fraction of sp³-hybridized carbons (Fsp3) is 0.238. The number of thiazole rings is 1. The number of aromatic amines is 1. The van der Waals surface area contributed by atoms with Gasteiger partial charge >= 0.3 is 0 Å². The Balaban J connectivity index is 1.65. The van der Waals surface area contributed by atoms with Crippen LogP contribution in [0.3, 0.4) is 0 Å². The fourth-order valence-corrected chi connectivity index (χ4v) is 4.27. The number of hydrogen-bond acceptors (Lipinski definition) is 3. The van der Waals surface area contributed by atoms with E-state index in [-0.39, 0.29) is 11.9 Å². The van der Waals surface area contributed by atoms with E-state index in [0.29, 0.717) is 5.56 Å². The Kier molecular flexibility index (Phi) is 4.04. The quantitative estimate of drug-likeness (QED) is 0.542. The van der Waals surface area contributed by atoms with E-state index in [0.717, 1.165) is 31.8 Å². The van der Waals surface area contributed by atoms with Gasteiger partial charge in [-0.05, 0) is 56.7 Å². The van der Waals surface area contributed by atoms with Crippen molar-refractivity contribution in [3.05, 3.63) is 64.3 Å². The third-order valence-electron chi connectivity index (χ3n) is 5.12. The summed E-state index contributed by atoms with van der Waals surface area (Å²) in [6.45, 7) is 6.16. The highest BCUT2D eigenvalue weighted by Gasteiger charge is 2.22. The highest BCUT2D eigenvalue weighted by Crippen LogP contribution is 2.30. The zero-order chi connectivity index (χ0) is 18.4. The average Bonchev–Trinajstić information content (AvgIpc) is 3.21. The molecule has 2 heterocycles. The minimum Gasteiger partial charge on any atom is -0.358 e. The molecule has 1 amide bonds. The first kappa shape index (κ1) is 16.8. The monoisotopic (exact) mass is 363 g/mol. The lowest BCUT2D eigenvalue weighted by molar-refractivity contribution is 0.0742. The maximum atomic E-state index is 13.0. The second-order valence-corrected chi connectivity index (χ2v) is 7.81. The average molecular weight is 363 g/mol. The fourth-order valence-electron chi connectivity index (χ4n) is 3.21. The molecule has 0 unspecified atom stereocenters. The molecule has 0 saturated heterocycles. The van der Waals surface area contributed by atoms with Gasteiger partial charge in [-0.2, -0.15) is 0 Å². The van der Waals surface area contributed by atoms with Crippen LogP contribution < -0.4 is 0 Å². The van der Waals surface area contributed by atoms with E-state index in [1.165, 1.54) is 5.56 Å². The number of nitrogens with one attached hydrogen (secondary N) is 1. The molecule has 0 fully saturated rings. The molecule has 1 atom stereocenters. The summed E-state index contributed by atoms with van der Waals surface area (Å²) in [6, 6.07) is 13.9. The van der Waals surface area contributed by atoms with Gasteiger partial charge in [0.15, 0.2) is 0 Å². The van der Waals surface area contributed by atoms with Crippen molar-refractivity contribution in [1.29, 1.82) is 0 Å². The van der Waals surface area contributed by atoms with Crippen molar-refractivity contribution in [3.63, 3.8) is 0 Å². The van der Waals surface area contributed by atoms with Gasteiger partial charge in [0.2, 0.25) is 0 Å². The van der Waals surface area contributed by atoms with Crippen LogP contribution in [-0.2, 0) is 0 Å². The molecule has 4 nitrogen and oxygen atoms in total. The number of H-pyrrole nitrogens is 1. The van der Waals surface area contributed by atoms with Crippen molar-refractivity contribution < 1.29 is 4.79 Å². The molecule has 1 N–H and O–H groups in total. The number of carbonyl (C=O) groups excluding carboxylic acids is 1. The summed E-state index contributed by atoms with van der Waals surface area (Å²) in [4.78, 5) is 22.8. The van der Waals surface area contributed by atoms with Gasteiger partial charge in [-0.1, -0.05) is 12.1 Å².